The van der Waals surface area contributed by atoms with Crippen molar-refractivity contribution in [1.29, 1.82) is 0 Å². The van der Waals surface area contributed by atoms with Crippen molar-refractivity contribution in [2.75, 3.05) is 0 Å². The van der Waals surface area contributed by atoms with Crippen LogP contribution in [0.2, 0.25) is 0 Å². The number of carbonyl (C=O) groups excluding carboxylic acids is 2. The van der Waals surface area contributed by atoms with E-state index in [0.29, 0.717) is 0 Å². The molecule has 2 aromatic rings. The molecule has 0 aromatic heterocycles. The Morgan fingerprint density at radius 2 is 1.07 bits per heavy atom. The van der Waals surface area contributed by atoms with Gasteiger partial charge < -0.3 is 11.5 Å². The molecule has 2 amide bonds. The molecule has 0 radical (unpaired) electrons. The number of primary amides is 2. The fourth-order valence-corrected chi connectivity index (χ4v) is 3.96. The van der Waals surface area contributed by atoms with Crippen LogP contribution in [-0.2, 0) is 42.7 Å². The minimum atomic E-state index is -4.69. The van der Waals surface area contributed by atoms with E-state index < -0.39 is 54.7 Å². The summed E-state index contributed by atoms with van der Waals surface area (Å²) in [5.74, 6) is -1.63. The second-order valence-electron chi connectivity index (χ2n) is 6.02. The maximum Gasteiger partial charge on any atom is 0.294 e. The van der Waals surface area contributed by atoms with Crippen LogP contribution < -0.4 is 11.5 Å². The molecule has 0 heterocycles. The van der Waals surface area contributed by atoms with Gasteiger partial charge in [0.1, 0.15) is 0 Å². The third-order valence-corrected chi connectivity index (χ3v) is 5.54. The molecule has 12 nitrogen and oxygen atoms in total. The first kappa shape index (κ1) is 23.1. The van der Waals surface area contributed by atoms with Gasteiger partial charge in [0.2, 0.25) is 11.8 Å². The van der Waals surface area contributed by atoms with Crippen molar-refractivity contribution in [3.8, 4) is 0 Å². The molecule has 0 spiro atoms. The van der Waals surface area contributed by atoms with Gasteiger partial charge in [-0.2, -0.15) is 27.1 Å². The fraction of sp³-hybridized carbons (Fsp3) is 0.125. The summed E-state index contributed by atoms with van der Waals surface area (Å²) < 4.78 is 64.8. The van der Waals surface area contributed by atoms with Crippen molar-refractivity contribution in [2.45, 2.75) is 22.6 Å². The Morgan fingerprint density at radius 1 is 0.733 bits per heavy atom. The molecule has 30 heavy (non-hydrogen) atoms. The van der Waals surface area contributed by atoms with Gasteiger partial charge in [0, 0.05) is 0 Å². The summed E-state index contributed by atoms with van der Waals surface area (Å²) in [5.41, 5.74) is 9.89. The van der Waals surface area contributed by atoms with Gasteiger partial charge in [0.15, 0.2) is 0 Å². The summed E-state index contributed by atoms with van der Waals surface area (Å²) >= 11 is 0. The van der Waals surface area contributed by atoms with Crippen LogP contribution in [0.5, 0.6) is 0 Å². The number of nitrogens with zero attached hydrogens (tertiary/aromatic N) is 2. The van der Waals surface area contributed by atoms with E-state index in [-0.39, 0.29) is 22.5 Å². The summed E-state index contributed by atoms with van der Waals surface area (Å²) in [7, 11) is -9.39. The van der Waals surface area contributed by atoms with Gasteiger partial charge >= 0.3 is 0 Å². The van der Waals surface area contributed by atoms with Crippen LogP contribution in [0.25, 0.3) is 0 Å². The van der Waals surface area contributed by atoms with E-state index in [1.807, 2.05) is 0 Å². The summed E-state index contributed by atoms with van der Waals surface area (Å²) in [6.45, 7) is 0. The molecule has 2 aromatic carbocycles. The molecule has 0 bridgehead atoms. The van der Waals surface area contributed by atoms with E-state index >= 15 is 0 Å². The standard InChI is InChI=1S/C16H16N4O8S2/c17-15(21)5-9-1-3-11(7-13(9)29(23,24)25)19-20-12-4-2-10(6-16(18)22)14(8-12)30(26,27)28/h1-4,7-8H,5-6H2,(H2,17,21)(H2,18,22)(H,23,24,25)(H,26,27,28)/b20-19-. The number of nitrogens with two attached hydrogens (primary N) is 2. The van der Waals surface area contributed by atoms with Crippen LogP contribution in [0.15, 0.2) is 56.4 Å². The first-order chi connectivity index (χ1) is 13.8. The summed E-state index contributed by atoms with van der Waals surface area (Å²) in [6, 6.07) is 6.90. The zero-order valence-electron chi connectivity index (χ0n) is 15.1. The zero-order valence-corrected chi connectivity index (χ0v) is 16.7. The SMILES string of the molecule is NC(=O)Cc1ccc(/N=N\c2ccc(CC(N)=O)c(S(=O)(=O)O)c2)cc1S(=O)(=O)O. The lowest BCUT2D eigenvalue weighted by Gasteiger charge is -2.07. The minimum Gasteiger partial charge on any atom is -0.369 e. The van der Waals surface area contributed by atoms with Gasteiger partial charge in [0.05, 0.1) is 34.0 Å². The average molecular weight is 456 g/mol. The van der Waals surface area contributed by atoms with Crippen LogP contribution in [0.3, 0.4) is 0 Å². The van der Waals surface area contributed by atoms with Crippen molar-refractivity contribution in [3.05, 3.63) is 47.5 Å². The number of amides is 2. The number of azo groups is 1. The zero-order chi connectivity index (χ0) is 22.7. The highest BCUT2D eigenvalue weighted by Crippen LogP contribution is 2.27. The molecule has 0 aliphatic heterocycles. The van der Waals surface area contributed by atoms with E-state index in [1.54, 1.807) is 0 Å². The topological polar surface area (TPSA) is 220 Å². The average Bonchev–Trinajstić information content (AvgIpc) is 2.59. The van der Waals surface area contributed by atoms with Crippen LogP contribution in [0, 0.1) is 0 Å². The smallest absolute Gasteiger partial charge is 0.294 e. The van der Waals surface area contributed by atoms with Crippen molar-refractivity contribution in [1.82, 2.24) is 0 Å². The largest absolute Gasteiger partial charge is 0.369 e. The van der Waals surface area contributed by atoms with Gasteiger partial charge in [-0.3, -0.25) is 18.7 Å². The van der Waals surface area contributed by atoms with E-state index in [2.05, 4.69) is 10.2 Å². The van der Waals surface area contributed by atoms with Gasteiger partial charge in [-0.05, 0) is 35.4 Å². The highest BCUT2D eigenvalue weighted by atomic mass is 32.2. The maximum atomic E-state index is 11.5. The fourth-order valence-electron chi connectivity index (χ4n) is 2.47. The number of hydrogen-bond acceptors (Lipinski definition) is 8. The van der Waals surface area contributed by atoms with Crippen LogP contribution in [-0.4, -0.2) is 37.8 Å². The molecule has 2 rings (SSSR count). The first-order valence-corrected chi connectivity index (χ1v) is 10.8. The number of hydrogen-bond donors (Lipinski definition) is 4. The Hall–Kier alpha value is -3.20. The maximum absolute atomic E-state index is 11.5. The molecule has 14 heteroatoms. The van der Waals surface area contributed by atoms with Crippen LogP contribution in [0.4, 0.5) is 11.4 Å². The Kier molecular flexibility index (Phi) is 6.66. The van der Waals surface area contributed by atoms with Crippen LogP contribution in [0.1, 0.15) is 11.1 Å². The number of carbonyl (C=O) groups is 2. The quantitative estimate of drug-likeness (QED) is 0.325. The van der Waals surface area contributed by atoms with Crippen molar-refractivity contribution < 1.29 is 35.5 Å². The van der Waals surface area contributed by atoms with E-state index in [4.69, 9.17) is 11.5 Å². The third-order valence-electron chi connectivity index (χ3n) is 3.67. The number of rotatable bonds is 8. The summed E-state index contributed by atoms with van der Waals surface area (Å²) in [5, 5.41) is 7.50. The molecule has 0 aliphatic rings. The molecule has 0 saturated carbocycles. The molecule has 0 atom stereocenters. The Balaban J connectivity index is 2.46. The Bertz CT molecular complexity index is 1160. The molecular weight excluding hydrogens is 440 g/mol. The van der Waals surface area contributed by atoms with Crippen LogP contribution >= 0.6 is 0 Å². The predicted octanol–water partition coefficient (Wildman–Crippen LogP) is 0.651. The second kappa shape index (κ2) is 8.66. The molecule has 0 fully saturated rings. The highest BCUT2D eigenvalue weighted by Gasteiger charge is 2.19. The monoisotopic (exact) mass is 456 g/mol. The Labute approximate surface area is 171 Å². The van der Waals surface area contributed by atoms with Gasteiger partial charge in [-0.25, -0.2) is 0 Å². The lowest BCUT2D eigenvalue weighted by molar-refractivity contribution is -0.118. The number of benzene rings is 2. The van der Waals surface area contributed by atoms with Crippen molar-refractivity contribution >= 4 is 43.4 Å². The van der Waals surface area contributed by atoms with Crippen molar-refractivity contribution in [2.24, 2.45) is 21.7 Å². The molecular formula is C16H16N4O8S2. The van der Waals surface area contributed by atoms with Gasteiger partial charge in [-0.15, -0.1) is 0 Å². The molecule has 160 valence electrons. The van der Waals surface area contributed by atoms with Gasteiger partial charge in [0.25, 0.3) is 20.2 Å². The highest BCUT2D eigenvalue weighted by molar-refractivity contribution is 7.86. The van der Waals surface area contributed by atoms with E-state index in [9.17, 15) is 35.5 Å². The molecule has 0 aliphatic carbocycles. The normalized spacial score (nSPS) is 12.2. The lowest BCUT2D eigenvalue weighted by Crippen LogP contribution is -2.16. The molecule has 6 N–H and O–H groups in total. The second-order valence-corrected chi connectivity index (χ2v) is 8.80. The van der Waals surface area contributed by atoms with Gasteiger partial charge in [-0.1, -0.05) is 12.1 Å². The Morgan fingerprint density at radius 3 is 1.33 bits per heavy atom. The third kappa shape index (κ3) is 6.15. The first-order valence-electron chi connectivity index (χ1n) is 7.96. The molecule has 0 saturated heterocycles. The summed E-state index contributed by atoms with van der Waals surface area (Å²) in [4.78, 5) is 20.9. The minimum absolute atomic E-state index is 0.0478. The predicted molar refractivity (Wildman–Crippen MR) is 102 cm³/mol. The van der Waals surface area contributed by atoms with E-state index in [0.717, 1.165) is 12.1 Å². The van der Waals surface area contributed by atoms with Crippen molar-refractivity contribution in [3.63, 3.8) is 0 Å². The molecule has 0 unspecified atom stereocenters. The van der Waals surface area contributed by atoms with E-state index in [1.165, 1.54) is 24.3 Å². The lowest BCUT2D eigenvalue weighted by atomic mass is 10.1. The summed E-state index contributed by atoms with van der Waals surface area (Å²) in [6.07, 6.45) is -0.878.